The first kappa shape index (κ1) is 22.9. The maximum Gasteiger partial charge on any atom is 0.349 e. The maximum absolute atomic E-state index is 12.4. The number of rotatable bonds is 8. The number of nitrogens with zero attached hydrogens (tertiary/aromatic N) is 2. The zero-order valence-electron chi connectivity index (χ0n) is 17.6. The minimum Gasteiger partial charge on any atom is -0.422 e. The normalized spacial score (nSPS) is 11.3. The van der Waals surface area contributed by atoms with Crippen molar-refractivity contribution in [2.75, 3.05) is 13.1 Å². The molecule has 174 valence electrons. The van der Waals surface area contributed by atoms with Crippen LogP contribution >= 0.6 is 0 Å². The summed E-state index contributed by atoms with van der Waals surface area (Å²) in [6.45, 7) is -0.0102. The summed E-state index contributed by atoms with van der Waals surface area (Å²) in [5.74, 6) is -2.50. The van der Waals surface area contributed by atoms with E-state index in [1.54, 1.807) is 42.5 Å². The number of carbonyl (C=O) groups is 2. The molecule has 0 saturated heterocycles. The van der Waals surface area contributed by atoms with E-state index in [4.69, 9.17) is 8.94 Å². The van der Waals surface area contributed by atoms with E-state index in [-0.39, 0.29) is 29.4 Å². The summed E-state index contributed by atoms with van der Waals surface area (Å²) in [5.41, 5.74) is -0.568. The first-order chi connectivity index (χ1) is 16.3. The van der Waals surface area contributed by atoms with Gasteiger partial charge < -0.3 is 19.6 Å². The zero-order chi connectivity index (χ0) is 24.1. The van der Waals surface area contributed by atoms with Gasteiger partial charge in [0.2, 0.25) is 0 Å². The number of carbonyl (C=O) groups excluding carboxylic acids is 2. The standard InChI is InChI=1S/C22H18N4O7S/c27-19(16-12-14-6-4-5-9-17(14)32-22(16)29)23-10-11-24-20(28)21-25-18(26-33-21)13-34(30,31)15-7-2-1-3-8-15/h1-9,12H,10-11,13H2,(H,23,27)(H,24,28). The van der Waals surface area contributed by atoms with Crippen LogP contribution in [0, 0.1) is 0 Å². The number of hydrogen-bond acceptors (Lipinski definition) is 9. The second kappa shape index (κ2) is 9.67. The lowest BCUT2D eigenvalue weighted by Crippen LogP contribution is -2.36. The Labute approximate surface area is 192 Å². The molecule has 0 radical (unpaired) electrons. The molecule has 0 atom stereocenters. The van der Waals surface area contributed by atoms with Crippen LogP contribution in [0.5, 0.6) is 0 Å². The molecule has 0 aliphatic heterocycles. The number of sulfone groups is 1. The lowest BCUT2D eigenvalue weighted by molar-refractivity contribution is 0.0897. The molecule has 2 aromatic carbocycles. The van der Waals surface area contributed by atoms with Gasteiger partial charge in [0.1, 0.15) is 16.9 Å². The monoisotopic (exact) mass is 482 g/mol. The van der Waals surface area contributed by atoms with Crippen molar-refractivity contribution in [1.29, 1.82) is 0 Å². The average molecular weight is 482 g/mol. The Morgan fingerprint density at radius 1 is 0.912 bits per heavy atom. The molecule has 2 aromatic heterocycles. The molecule has 0 fully saturated rings. The number of fused-ring (bicyclic) bond motifs is 1. The lowest BCUT2D eigenvalue weighted by Gasteiger charge is -2.05. The Hall–Kier alpha value is -4.32. The fraction of sp³-hybridized carbons (Fsp3) is 0.136. The number of amides is 2. The Kier molecular flexibility index (Phi) is 6.50. The van der Waals surface area contributed by atoms with Crippen molar-refractivity contribution in [3.63, 3.8) is 0 Å². The van der Waals surface area contributed by atoms with E-state index in [0.717, 1.165) is 0 Å². The SMILES string of the molecule is O=C(NCCNC(=O)c1cc2ccccc2oc1=O)c1nc(CS(=O)(=O)c2ccccc2)no1. The van der Waals surface area contributed by atoms with Crippen molar-refractivity contribution in [2.45, 2.75) is 10.6 Å². The molecule has 2 heterocycles. The zero-order valence-corrected chi connectivity index (χ0v) is 18.4. The second-order valence-corrected chi connectivity index (χ2v) is 9.07. The number of aromatic nitrogens is 2. The van der Waals surface area contributed by atoms with E-state index < -0.39 is 38.9 Å². The number of nitrogens with one attached hydrogen (secondary N) is 2. The summed E-state index contributed by atoms with van der Waals surface area (Å²) >= 11 is 0. The van der Waals surface area contributed by atoms with Gasteiger partial charge in [0.05, 0.1) is 4.90 Å². The van der Waals surface area contributed by atoms with E-state index in [2.05, 4.69) is 20.8 Å². The summed E-state index contributed by atoms with van der Waals surface area (Å²) in [4.78, 5) is 40.4. The predicted molar refractivity (Wildman–Crippen MR) is 119 cm³/mol. The topological polar surface area (TPSA) is 161 Å². The molecule has 0 unspecified atom stereocenters. The smallest absolute Gasteiger partial charge is 0.349 e. The van der Waals surface area contributed by atoms with Gasteiger partial charge in [-0.3, -0.25) is 9.59 Å². The summed E-state index contributed by atoms with van der Waals surface area (Å²) in [6.07, 6.45) is 0. The van der Waals surface area contributed by atoms with E-state index >= 15 is 0 Å². The van der Waals surface area contributed by atoms with Gasteiger partial charge in [-0.2, -0.15) is 4.98 Å². The van der Waals surface area contributed by atoms with Crippen molar-refractivity contribution in [2.24, 2.45) is 0 Å². The second-order valence-electron chi connectivity index (χ2n) is 7.09. The van der Waals surface area contributed by atoms with Gasteiger partial charge in [-0.1, -0.05) is 41.6 Å². The van der Waals surface area contributed by atoms with Crippen LogP contribution in [0.25, 0.3) is 11.0 Å². The molecule has 2 N–H and O–H groups in total. The lowest BCUT2D eigenvalue weighted by atomic mass is 10.2. The van der Waals surface area contributed by atoms with Crippen molar-refractivity contribution in [3.05, 3.63) is 88.4 Å². The summed E-state index contributed by atoms with van der Waals surface area (Å²) in [7, 11) is -3.70. The highest BCUT2D eigenvalue weighted by molar-refractivity contribution is 7.90. The molecule has 34 heavy (non-hydrogen) atoms. The molecule has 0 aliphatic carbocycles. The molecule has 0 saturated carbocycles. The molecule has 11 nitrogen and oxygen atoms in total. The molecule has 0 aliphatic rings. The maximum atomic E-state index is 12.4. The first-order valence-corrected chi connectivity index (χ1v) is 11.7. The van der Waals surface area contributed by atoms with E-state index in [9.17, 15) is 22.8 Å². The van der Waals surface area contributed by atoms with E-state index in [0.29, 0.717) is 11.0 Å². The molecular formula is C22H18N4O7S. The van der Waals surface area contributed by atoms with Crippen LogP contribution in [0.4, 0.5) is 0 Å². The van der Waals surface area contributed by atoms with Crippen LogP contribution in [0.1, 0.15) is 26.9 Å². The number of hydrogen-bond donors (Lipinski definition) is 2. The minimum atomic E-state index is -3.70. The highest BCUT2D eigenvalue weighted by Crippen LogP contribution is 2.14. The van der Waals surface area contributed by atoms with Crippen molar-refractivity contribution in [3.8, 4) is 0 Å². The molecular weight excluding hydrogens is 464 g/mol. The summed E-state index contributed by atoms with van der Waals surface area (Å²) < 4.78 is 34.7. The average Bonchev–Trinajstić information content (AvgIpc) is 3.29. The highest BCUT2D eigenvalue weighted by Gasteiger charge is 2.21. The first-order valence-electron chi connectivity index (χ1n) is 10.0. The van der Waals surface area contributed by atoms with E-state index in [1.807, 2.05) is 0 Å². The quantitative estimate of drug-likeness (QED) is 0.278. The van der Waals surface area contributed by atoms with Crippen molar-refractivity contribution in [1.82, 2.24) is 20.8 Å². The summed E-state index contributed by atoms with van der Waals surface area (Å²) in [6, 6.07) is 16.0. The highest BCUT2D eigenvalue weighted by atomic mass is 32.2. The van der Waals surface area contributed by atoms with Crippen LogP contribution in [0.3, 0.4) is 0 Å². The molecule has 2 amide bonds. The van der Waals surface area contributed by atoms with Crippen LogP contribution in [0.2, 0.25) is 0 Å². The van der Waals surface area contributed by atoms with Gasteiger partial charge in [0.15, 0.2) is 15.7 Å². The van der Waals surface area contributed by atoms with E-state index in [1.165, 1.54) is 18.2 Å². The van der Waals surface area contributed by atoms with Gasteiger partial charge in [0.25, 0.3) is 5.91 Å². The van der Waals surface area contributed by atoms with Crippen LogP contribution in [0.15, 0.2) is 79.3 Å². The molecule has 4 rings (SSSR count). The molecule has 0 spiro atoms. The Bertz CT molecular complexity index is 1510. The van der Waals surface area contributed by atoms with Crippen LogP contribution in [-0.4, -0.2) is 43.5 Å². The Balaban J connectivity index is 1.29. The molecule has 0 bridgehead atoms. The Morgan fingerprint density at radius 2 is 1.59 bits per heavy atom. The number of benzene rings is 2. The van der Waals surface area contributed by atoms with Crippen molar-refractivity contribution >= 4 is 32.6 Å². The number of para-hydroxylation sites is 1. The predicted octanol–water partition coefficient (Wildman–Crippen LogP) is 1.31. The third-order valence-corrected chi connectivity index (χ3v) is 6.29. The minimum absolute atomic E-state index is 0.000219. The fourth-order valence-corrected chi connectivity index (χ4v) is 4.22. The third-order valence-electron chi connectivity index (χ3n) is 4.67. The van der Waals surface area contributed by atoms with Gasteiger partial charge in [-0.05, 0) is 24.3 Å². The van der Waals surface area contributed by atoms with Gasteiger partial charge in [-0.25, -0.2) is 13.2 Å². The fourth-order valence-electron chi connectivity index (χ4n) is 3.03. The Morgan fingerprint density at radius 3 is 2.35 bits per heavy atom. The van der Waals surface area contributed by atoms with Gasteiger partial charge in [-0.15, -0.1) is 0 Å². The van der Waals surface area contributed by atoms with Gasteiger partial charge in [0, 0.05) is 18.5 Å². The van der Waals surface area contributed by atoms with Crippen LogP contribution < -0.4 is 16.3 Å². The molecule has 12 heteroatoms. The van der Waals surface area contributed by atoms with Crippen LogP contribution in [-0.2, 0) is 15.6 Å². The largest absolute Gasteiger partial charge is 0.422 e. The van der Waals surface area contributed by atoms with Gasteiger partial charge >= 0.3 is 17.4 Å². The molecule has 4 aromatic rings. The summed E-state index contributed by atoms with van der Waals surface area (Å²) in [5, 5.41) is 9.10. The third kappa shape index (κ3) is 5.18. The van der Waals surface area contributed by atoms with Crippen molar-refractivity contribution < 1.29 is 26.9 Å².